The van der Waals surface area contributed by atoms with Crippen molar-refractivity contribution in [1.82, 2.24) is 0 Å². The zero-order chi connectivity index (χ0) is 20.5. The van der Waals surface area contributed by atoms with Gasteiger partial charge in [0.15, 0.2) is 0 Å². The van der Waals surface area contributed by atoms with Gasteiger partial charge >= 0.3 is 0 Å². The van der Waals surface area contributed by atoms with Crippen molar-refractivity contribution in [3.05, 3.63) is 87.1 Å². The summed E-state index contributed by atoms with van der Waals surface area (Å²) in [6, 6.07) is 16.3. The normalized spacial score (nSPS) is 18.3. The second-order valence-corrected chi connectivity index (χ2v) is 7.81. The molecular formula is C22H16ClNO4S. The number of Topliss-reactive ketones (excluding diaryl/α,β-unsaturated/α-hetero) is 1. The van der Waals surface area contributed by atoms with Crippen LogP contribution in [0.3, 0.4) is 0 Å². The van der Waals surface area contributed by atoms with Gasteiger partial charge in [-0.05, 0) is 60.0 Å². The molecule has 5 nitrogen and oxygen atoms in total. The molecule has 4 rings (SSSR count). The molecule has 0 spiro atoms. The minimum atomic E-state index is -0.730. The van der Waals surface area contributed by atoms with Crippen molar-refractivity contribution in [2.45, 2.75) is 6.04 Å². The number of aliphatic hydroxyl groups excluding tert-OH is 1. The van der Waals surface area contributed by atoms with Gasteiger partial charge in [-0.2, -0.15) is 0 Å². The molecule has 0 aliphatic carbocycles. The van der Waals surface area contributed by atoms with Crippen molar-refractivity contribution in [2.75, 3.05) is 12.0 Å². The number of ether oxygens (including phenoxy) is 1. The predicted molar refractivity (Wildman–Crippen MR) is 114 cm³/mol. The second kappa shape index (κ2) is 7.73. The Labute approximate surface area is 176 Å². The number of benzene rings is 2. The zero-order valence-corrected chi connectivity index (χ0v) is 16.9. The summed E-state index contributed by atoms with van der Waals surface area (Å²) in [6.45, 7) is 0. The molecule has 146 valence electrons. The van der Waals surface area contributed by atoms with Crippen LogP contribution in [0, 0.1) is 0 Å². The lowest BCUT2D eigenvalue weighted by molar-refractivity contribution is -0.132. The summed E-state index contributed by atoms with van der Waals surface area (Å²) in [5.74, 6) is -1.01. The van der Waals surface area contributed by atoms with E-state index in [0.29, 0.717) is 22.0 Å². The van der Waals surface area contributed by atoms with Gasteiger partial charge in [0.05, 0.1) is 12.7 Å². The first-order valence-electron chi connectivity index (χ1n) is 8.75. The van der Waals surface area contributed by atoms with E-state index in [1.807, 2.05) is 17.5 Å². The lowest BCUT2D eigenvalue weighted by Gasteiger charge is -2.24. The smallest absolute Gasteiger partial charge is 0.300 e. The first-order valence-corrected chi connectivity index (χ1v) is 10.0. The Kier molecular flexibility index (Phi) is 5.13. The molecule has 1 fully saturated rings. The summed E-state index contributed by atoms with van der Waals surface area (Å²) < 4.78 is 5.18. The first-order chi connectivity index (χ1) is 14.0. The van der Waals surface area contributed by atoms with Crippen LogP contribution in [-0.2, 0) is 9.59 Å². The van der Waals surface area contributed by atoms with Crippen LogP contribution in [0.5, 0.6) is 5.75 Å². The topological polar surface area (TPSA) is 66.8 Å². The third-order valence-corrected chi connectivity index (χ3v) is 5.90. The molecular weight excluding hydrogens is 410 g/mol. The van der Waals surface area contributed by atoms with E-state index in [2.05, 4.69) is 0 Å². The summed E-state index contributed by atoms with van der Waals surface area (Å²) in [6.07, 6.45) is 0. The predicted octanol–water partition coefficient (Wildman–Crippen LogP) is 5.04. The lowest BCUT2D eigenvalue weighted by Crippen LogP contribution is -2.29. The molecule has 0 saturated carbocycles. The van der Waals surface area contributed by atoms with Crippen LogP contribution in [0.25, 0.3) is 5.76 Å². The number of hydrogen-bond donors (Lipinski definition) is 1. The van der Waals surface area contributed by atoms with Gasteiger partial charge in [0.25, 0.3) is 11.7 Å². The summed E-state index contributed by atoms with van der Waals surface area (Å²) in [5, 5.41) is 13.3. The minimum absolute atomic E-state index is 0.0515. The highest BCUT2D eigenvalue weighted by molar-refractivity contribution is 7.10. The Balaban J connectivity index is 1.88. The standard InChI is InChI=1S/C22H16ClNO4S/c1-28-16-10-8-15(9-11-16)24-19(17-3-2-12-29-17)18(21(26)22(24)27)20(25)13-4-6-14(23)7-5-13/h2-12,19,25H,1H3/b20-18-. The molecule has 1 unspecified atom stereocenters. The van der Waals surface area contributed by atoms with E-state index >= 15 is 0 Å². The number of thiophene rings is 1. The maximum Gasteiger partial charge on any atom is 0.300 e. The number of halogens is 1. The summed E-state index contributed by atoms with van der Waals surface area (Å²) in [7, 11) is 1.55. The van der Waals surface area contributed by atoms with E-state index in [1.54, 1.807) is 55.6 Å². The minimum Gasteiger partial charge on any atom is -0.507 e. The van der Waals surface area contributed by atoms with Gasteiger partial charge in [-0.25, -0.2) is 0 Å². The number of amides is 1. The van der Waals surface area contributed by atoms with Crippen LogP contribution in [-0.4, -0.2) is 23.9 Å². The second-order valence-electron chi connectivity index (χ2n) is 6.39. The van der Waals surface area contributed by atoms with Crippen LogP contribution >= 0.6 is 22.9 Å². The first kappa shape index (κ1) is 19.2. The lowest BCUT2D eigenvalue weighted by atomic mass is 10.00. The van der Waals surface area contributed by atoms with Gasteiger partial charge < -0.3 is 9.84 Å². The van der Waals surface area contributed by atoms with Crippen LogP contribution < -0.4 is 9.64 Å². The SMILES string of the molecule is COc1ccc(N2C(=O)C(=O)/C(=C(\O)c3ccc(Cl)cc3)C2c2cccs2)cc1. The van der Waals surface area contributed by atoms with Crippen LogP contribution in [0.4, 0.5) is 5.69 Å². The molecule has 7 heteroatoms. The van der Waals surface area contributed by atoms with Crippen molar-refractivity contribution < 1.29 is 19.4 Å². The average Bonchev–Trinajstić information content (AvgIpc) is 3.35. The highest BCUT2D eigenvalue weighted by atomic mass is 35.5. The van der Waals surface area contributed by atoms with Crippen molar-refractivity contribution in [1.29, 1.82) is 0 Å². The van der Waals surface area contributed by atoms with Crippen molar-refractivity contribution in [3.63, 3.8) is 0 Å². The number of methoxy groups -OCH3 is 1. The molecule has 0 radical (unpaired) electrons. The molecule has 0 bridgehead atoms. The summed E-state index contributed by atoms with van der Waals surface area (Å²) >= 11 is 7.34. The van der Waals surface area contributed by atoms with E-state index in [4.69, 9.17) is 16.3 Å². The molecule has 1 saturated heterocycles. The fourth-order valence-corrected chi connectivity index (χ4v) is 4.27. The molecule has 1 N–H and O–H groups in total. The number of aliphatic hydroxyl groups is 1. The van der Waals surface area contributed by atoms with E-state index < -0.39 is 17.7 Å². The quantitative estimate of drug-likeness (QED) is 0.361. The number of nitrogens with zero attached hydrogens (tertiary/aromatic N) is 1. The fraction of sp³-hybridized carbons (Fsp3) is 0.0909. The largest absolute Gasteiger partial charge is 0.507 e. The average molecular weight is 426 g/mol. The van der Waals surface area contributed by atoms with Gasteiger partial charge in [-0.1, -0.05) is 17.7 Å². The molecule has 1 aromatic heterocycles. The van der Waals surface area contributed by atoms with Gasteiger partial charge in [0, 0.05) is 21.2 Å². The molecule has 3 aromatic rings. The zero-order valence-electron chi connectivity index (χ0n) is 15.3. The molecule has 2 aromatic carbocycles. The Morgan fingerprint density at radius 3 is 2.34 bits per heavy atom. The molecule has 1 aliphatic heterocycles. The molecule has 29 heavy (non-hydrogen) atoms. The third-order valence-electron chi connectivity index (χ3n) is 4.73. The van der Waals surface area contributed by atoms with Gasteiger partial charge in [-0.3, -0.25) is 14.5 Å². The summed E-state index contributed by atoms with van der Waals surface area (Å²) in [5.41, 5.74) is 1.01. The number of anilines is 1. The maximum atomic E-state index is 12.9. The molecule has 1 aliphatic rings. The van der Waals surface area contributed by atoms with E-state index in [9.17, 15) is 14.7 Å². The molecule has 1 amide bonds. The Bertz CT molecular complexity index is 1090. The number of carbonyl (C=O) groups is 2. The van der Waals surface area contributed by atoms with Crippen molar-refractivity contribution in [3.8, 4) is 5.75 Å². The van der Waals surface area contributed by atoms with E-state index in [1.165, 1.54) is 16.2 Å². The highest BCUT2D eigenvalue weighted by Gasteiger charge is 2.47. The van der Waals surface area contributed by atoms with Crippen molar-refractivity contribution in [2.24, 2.45) is 0 Å². The van der Waals surface area contributed by atoms with E-state index in [0.717, 1.165) is 4.88 Å². The van der Waals surface area contributed by atoms with Gasteiger partial charge in [0.2, 0.25) is 0 Å². The van der Waals surface area contributed by atoms with Gasteiger partial charge in [-0.15, -0.1) is 11.3 Å². The highest BCUT2D eigenvalue weighted by Crippen LogP contribution is 2.43. The number of rotatable bonds is 4. The van der Waals surface area contributed by atoms with Crippen LogP contribution in [0.2, 0.25) is 5.02 Å². The molecule has 2 heterocycles. The van der Waals surface area contributed by atoms with Gasteiger partial charge in [0.1, 0.15) is 17.6 Å². The maximum absolute atomic E-state index is 12.9. The third kappa shape index (κ3) is 3.41. The van der Waals surface area contributed by atoms with Crippen LogP contribution in [0.15, 0.2) is 71.6 Å². The Morgan fingerprint density at radius 2 is 1.76 bits per heavy atom. The molecule has 1 atom stereocenters. The summed E-state index contributed by atoms with van der Waals surface area (Å²) in [4.78, 5) is 28.1. The fourth-order valence-electron chi connectivity index (χ4n) is 3.32. The number of hydrogen-bond acceptors (Lipinski definition) is 5. The Hall–Kier alpha value is -3.09. The number of carbonyl (C=O) groups excluding carboxylic acids is 2. The Morgan fingerprint density at radius 1 is 1.07 bits per heavy atom. The number of ketones is 1. The van der Waals surface area contributed by atoms with Crippen molar-refractivity contribution >= 4 is 46.1 Å². The van der Waals surface area contributed by atoms with Crippen LogP contribution in [0.1, 0.15) is 16.5 Å². The monoisotopic (exact) mass is 425 g/mol. The van der Waals surface area contributed by atoms with E-state index in [-0.39, 0.29) is 11.3 Å².